The fourth-order valence-electron chi connectivity index (χ4n) is 1.25. The van der Waals surface area contributed by atoms with Crippen LogP contribution >= 0.6 is 22.6 Å². The zero-order chi connectivity index (χ0) is 11.7. The molecule has 1 aromatic carbocycles. The Bertz CT molecular complexity index is 646. The number of rotatable bonds is 1. The Morgan fingerprint density at radius 2 is 1.44 bits per heavy atom. The van der Waals surface area contributed by atoms with E-state index in [-0.39, 0.29) is 0 Å². The minimum absolute atomic E-state index is 0.405. The number of hydrogen-bond donors (Lipinski definition) is 2. The summed E-state index contributed by atoms with van der Waals surface area (Å²) in [4.78, 5) is 37.7. The fourth-order valence-corrected chi connectivity index (χ4v) is 1.61. The molecule has 2 N–H and O–H groups in total. The average molecular weight is 331 g/mol. The zero-order valence-electron chi connectivity index (χ0n) is 7.86. The molecule has 1 aromatic heterocycles. The van der Waals surface area contributed by atoms with Crippen LogP contribution in [0.15, 0.2) is 38.6 Å². The second kappa shape index (κ2) is 4.08. The Morgan fingerprint density at radius 1 is 0.938 bits per heavy atom. The van der Waals surface area contributed by atoms with E-state index in [4.69, 9.17) is 0 Å². The van der Waals surface area contributed by atoms with E-state index in [0.717, 1.165) is 8.14 Å². The molecule has 0 aliphatic carbocycles. The molecule has 0 unspecified atom stereocenters. The van der Waals surface area contributed by atoms with Crippen LogP contribution < -0.4 is 17.1 Å². The Hall–Kier alpha value is -1.64. The number of aromatic amines is 2. The highest BCUT2D eigenvalue weighted by Crippen LogP contribution is 2.07. The molecule has 2 rings (SSSR count). The first-order valence-electron chi connectivity index (χ1n) is 4.29. The summed E-state index contributed by atoms with van der Waals surface area (Å²) in [5, 5.41) is 0. The molecule has 0 aliphatic heterocycles. The van der Waals surface area contributed by atoms with E-state index in [2.05, 4.69) is 22.6 Å². The maximum Gasteiger partial charge on any atom is 0.338 e. The summed E-state index contributed by atoms with van der Waals surface area (Å²) in [5.41, 5.74) is -1.91. The van der Waals surface area contributed by atoms with Crippen molar-refractivity contribution in [1.29, 1.82) is 0 Å². The molecule has 0 saturated carbocycles. The van der Waals surface area contributed by atoms with Crippen molar-refractivity contribution >= 4 is 22.6 Å². The second-order valence-corrected chi connectivity index (χ2v) is 4.25. The first-order valence-corrected chi connectivity index (χ1v) is 5.37. The number of halogens is 1. The van der Waals surface area contributed by atoms with Crippen LogP contribution in [0.3, 0.4) is 0 Å². The molecule has 1 heterocycles. The molecular formula is C9H6IN3O3. The molecular weight excluding hydrogens is 325 g/mol. The molecule has 0 atom stereocenters. The van der Waals surface area contributed by atoms with Crippen LogP contribution in [0.25, 0.3) is 5.69 Å². The summed E-state index contributed by atoms with van der Waals surface area (Å²) in [6.45, 7) is 0. The van der Waals surface area contributed by atoms with E-state index >= 15 is 0 Å². The highest BCUT2D eigenvalue weighted by molar-refractivity contribution is 14.1. The van der Waals surface area contributed by atoms with Gasteiger partial charge < -0.3 is 0 Å². The summed E-state index contributed by atoms with van der Waals surface area (Å²) in [6.07, 6.45) is 0. The van der Waals surface area contributed by atoms with Gasteiger partial charge in [0.1, 0.15) is 0 Å². The number of aromatic nitrogens is 3. The number of nitrogens with one attached hydrogen (secondary N) is 2. The molecule has 82 valence electrons. The van der Waals surface area contributed by atoms with Crippen molar-refractivity contribution in [1.82, 2.24) is 14.5 Å². The molecule has 16 heavy (non-hydrogen) atoms. The molecule has 2 aromatic rings. The predicted octanol–water partition coefficient (Wildman–Crippen LogP) is -0.181. The van der Waals surface area contributed by atoms with Gasteiger partial charge in [-0.3, -0.25) is 9.97 Å². The lowest BCUT2D eigenvalue weighted by Crippen LogP contribution is -2.42. The Morgan fingerprint density at radius 3 is 1.94 bits per heavy atom. The smallest absolute Gasteiger partial charge is 0.258 e. The van der Waals surface area contributed by atoms with E-state index < -0.39 is 17.1 Å². The topological polar surface area (TPSA) is 87.7 Å². The van der Waals surface area contributed by atoms with Crippen LogP contribution in [-0.4, -0.2) is 14.5 Å². The largest absolute Gasteiger partial charge is 0.338 e. The van der Waals surface area contributed by atoms with Gasteiger partial charge in [0.25, 0.3) is 0 Å². The molecule has 0 saturated heterocycles. The molecule has 0 amide bonds. The lowest BCUT2D eigenvalue weighted by Gasteiger charge is -2.02. The van der Waals surface area contributed by atoms with Crippen molar-refractivity contribution in [3.8, 4) is 5.69 Å². The first kappa shape index (κ1) is 10.9. The molecule has 0 spiro atoms. The van der Waals surface area contributed by atoms with E-state index in [1.165, 1.54) is 0 Å². The molecule has 7 heteroatoms. The summed E-state index contributed by atoms with van der Waals surface area (Å²) in [6, 6.07) is 6.76. The summed E-state index contributed by atoms with van der Waals surface area (Å²) in [7, 11) is 0. The van der Waals surface area contributed by atoms with E-state index in [1.807, 2.05) is 9.97 Å². The normalized spacial score (nSPS) is 10.3. The van der Waals surface area contributed by atoms with Crippen LogP contribution in [0, 0.1) is 3.57 Å². The van der Waals surface area contributed by atoms with Gasteiger partial charge >= 0.3 is 17.1 Å². The van der Waals surface area contributed by atoms with Gasteiger partial charge in [-0.25, -0.2) is 19.0 Å². The van der Waals surface area contributed by atoms with Gasteiger partial charge in [0, 0.05) is 3.57 Å². The standard InChI is InChI=1S/C9H6IN3O3/c10-5-1-3-6(4-2-5)13-8(15)11-7(14)12-9(13)16/h1-4H,(H2,11,12,14,15,16). The van der Waals surface area contributed by atoms with Crippen molar-refractivity contribution in [3.63, 3.8) is 0 Å². The monoisotopic (exact) mass is 331 g/mol. The van der Waals surface area contributed by atoms with Crippen molar-refractivity contribution < 1.29 is 0 Å². The summed E-state index contributed by atoms with van der Waals surface area (Å²) in [5.74, 6) is 0. The lowest BCUT2D eigenvalue weighted by molar-refractivity contribution is 0.784. The van der Waals surface area contributed by atoms with Crippen molar-refractivity contribution in [2.45, 2.75) is 0 Å². The SMILES string of the molecule is O=c1[nH]c(=O)n(-c2ccc(I)cc2)c(=O)[nH]1. The van der Waals surface area contributed by atoms with Crippen molar-refractivity contribution in [2.24, 2.45) is 0 Å². The van der Waals surface area contributed by atoms with E-state index in [1.54, 1.807) is 24.3 Å². The van der Waals surface area contributed by atoms with Gasteiger partial charge in [0.2, 0.25) is 0 Å². The zero-order valence-corrected chi connectivity index (χ0v) is 10.0. The predicted molar refractivity (Wildman–Crippen MR) is 66.0 cm³/mol. The third-order valence-corrected chi connectivity index (χ3v) is 2.65. The van der Waals surface area contributed by atoms with Crippen LogP contribution in [0.2, 0.25) is 0 Å². The Labute approximate surface area is 102 Å². The second-order valence-electron chi connectivity index (χ2n) is 3.00. The highest BCUT2D eigenvalue weighted by Gasteiger charge is 2.04. The summed E-state index contributed by atoms with van der Waals surface area (Å²) >= 11 is 2.11. The number of benzene rings is 1. The summed E-state index contributed by atoms with van der Waals surface area (Å²) < 4.78 is 1.84. The van der Waals surface area contributed by atoms with Gasteiger partial charge in [0.05, 0.1) is 5.69 Å². The van der Waals surface area contributed by atoms with Crippen LogP contribution in [0.1, 0.15) is 0 Å². The average Bonchev–Trinajstić information content (AvgIpc) is 2.19. The van der Waals surface area contributed by atoms with Crippen LogP contribution in [0.4, 0.5) is 0 Å². The Kier molecular flexibility index (Phi) is 2.77. The number of H-pyrrole nitrogens is 2. The molecule has 0 aliphatic rings. The van der Waals surface area contributed by atoms with E-state index in [9.17, 15) is 14.4 Å². The third-order valence-electron chi connectivity index (χ3n) is 1.93. The van der Waals surface area contributed by atoms with E-state index in [0.29, 0.717) is 5.69 Å². The highest BCUT2D eigenvalue weighted by atomic mass is 127. The number of nitrogens with zero attached hydrogens (tertiary/aromatic N) is 1. The lowest BCUT2D eigenvalue weighted by atomic mass is 10.3. The third kappa shape index (κ3) is 1.98. The van der Waals surface area contributed by atoms with Crippen LogP contribution in [0.5, 0.6) is 0 Å². The minimum Gasteiger partial charge on any atom is -0.258 e. The van der Waals surface area contributed by atoms with Crippen molar-refractivity contribution in [2.75, 3.05) is 0 Å². The maximum atomic E-state index is 11.4. The Balaban J connectivity index is 2.75. The maximum absolute atomic E-state index is 11.4. The fraction of sp³-hybridized carbons (Fsp3) is 0. The first-order chi connectivity index (χ1) is 7.58. The molecule has 6 nitrogen and oxygen atoms in total. The van der Waals surface area contributed by atoms with Gasteiger partial charge in [-0.15, -0.1) is 0 Å². The van der Waals surface area contributed by atoms with Crippen molar-refractivity contribution in [3.05, 3.63) is 59.3 Å². The molecule has 0 radical (unpaired) electrons. The van der Waals surface area contributed by atoms with Gasteiger partial charge in [-0.2, -0.15) is 0 Å². The number of hydrogen-bond acceptors (Lipinski definition) is 3. The quantitative estimate of drug-likeness (QED) is 0.711. The van der Waals surface area contributed by atoms with Gasteiger partial charge in [-0.05, 0) is 46.9 Å². The minimum atomic E-state index is -0.809. The molecule has 0 fully saturated rings. The van der Waals surface area contributed by atoms with Crippen LogP contribution in [-0.2, 0) is 0 Å². The van der Waals surface area contributed by atoms with Gasteiger partial charge in [-0.1, -0.05) is 0 Å². The molecule has 0 bridgehead atoms. The van der Waals surface area contributed by atoms with Gasteiger partial charge in [0.15, 0.2) is 0 Å².